The van der Waals surface area contributed by atoms with Crippen molar-refractivity contribution < 1.29 is 51.5 Å². The van der Waals surface area contributed by atoms with Crippen molar-refractivity contribution in [1.82, 2.24) is 35.3 Å². The molecule has 3 saturated heterocycles. The molecule has 1 aliphatic carbocycles. The molecule has 6 aliphatic rings. The molecule has 9 rings (SSSR count). The first-order valence-corrected chi connectivity index (χ1v) is 23.5. The lowest BCUT2D eigenvalue weighted by Gasteiger charge is -2.36. The van der Waals surface area contributed by atoms with E-state index in [0.717, 1.165) is 41.7 Å². The minimum Gasteiger partial charge on any atom is -0.495 e. The number of carbonyl (C=O) groups excluding carboxylic acids is 7. The number of fused-ring (bicyclic) bond motifs is 2. The van der Waals surface area contributed by atoms with Crippen LogP contribution in [0.25, 0.3) is 0 Å². The highest BCUT2D eigenvalue weighted by atomic mass is 19.3. The zero-order chi connectivity index (χ0) is 48.7. The molecule has 69 heavy (non-hydrogen) atoms. The summed E-state index contributed by atoms with van der Waals surface area (Å²) in [6.45, 7) is 3.24. The van der Waals surface area contributed by atoms with Crippen molar-refractivity contribution in [2.75, 3.05) is 86.5 Å². The van der Waals surface area contributed by atoms with Crippen molar-refractivity contribution in [3.63, 3.8) is 0 Å². The Morgan fingerprint density at radius 1 is 0.942 bits per heavy atom. The first-order chi connectivity index (χ1) is 33.1. The highest BCUT2D eigenvalue weighted by Gasteiger charge is 2.49. The van der Waals surface area contributed by atoms with E-state index in [0.29, 0.717) is 70.5 Å². The van der Waals surface area contributed by atoms with Crippen LogP contribution < -0.4 is 35.4 Å². The Bertz CT molecular complexity index is 2590. The van der Waals surface area contributed by atoms with Gasteiger partial charge in [-0.25, -0.2) is 9.37 Å². The summed E-state index contributed by atoms with van der Waals surface area (Å²) in [7, 11) is 2.60. The van der Waals surface area contributed by atoms with Gasteiger partial charge in [-0.3, -0.25) is 48.7 Å². The molecule has 1 saturated carbocycles. The van der Waals surface area contributed by atoms with Crippen LogP contribution in [-0.2, 0) is 19.2 Å². The second kappa shape index (κ2) is 19.3. The van der Waals surface area contributed by atoms with Gasteiger partial charge < -0.3 is 35.0 Å². The van der Waals surface area contributed by atoms with Crippen molar-refractivity contribution in [3.8, 4) is 5.75 Å². The fourth-order valence-electron chi connectivity index (χ4n) is 10.3. The van der Waals surface area contributed by atoms with Crippen molar-refractivity contribution in [2.24, 2.45) is 0 Å². The minimum atomic E-state index is -3.65. The summed E-state index contributed by atoms with van der Waals surface area (Å²) in [5.41, 5.74) is 1.07. The largest absolute Gasteiger partial charge is 0.495 e. The van der Waals surface area contributed by atoms with Gasteiger partial charge in [0, 0.05) is 77.3 Å². The lowest BCUT2D eigenvalue weighted by molar-refractivity contribution is -0.140. The molecule has 0 bridgehead atoms. The molecule has 1 aromatic heterocycles. The number of piperidine rings is 1. The molecule has 2 atom stereocenters. The maximum absolute atomic E-state index is 15.7. The topological polar surface area (TPSA) is 210 Å². The van der Waals surface area contributed by atoms with Crippen LogP contribution in [0.5, 0.6) is 5.75 Å². The number of methoxy groups -OCH3 is 1. The number of anilines is 5. The summed E-state index contributed by atoms with van der Waals surface area (Å²) in [6, 6.07) is 5.72. The third-order valence-corrected chi connectivity index (χ3v) is 14.1. The van der Waals surface area contributed by atoms with Crippen LogP contribution in [0.4, 0.5) is 42.0 Å². The molecule has 366 valence electrons. The van der Waals surface area contributed by atoms with Gasteiger partial charge in [0.2, 0.25) is 23.7 Å². The zero-order valence-electron chi connectivity index (χ0n) is 38.4. The molecule has 4 fully saturated rings. The Labute approximate surface area is 395 Å². The van der Waals surface area contributed by atoms with E-state index in [-0.39, 0.29) is 76.9 Å². The number of amides is 7. The maximum Gasteiger partial charge on any atom is 0.342 e. The van der Waals surface area contributed by atoms with Gasteiger partial charge in [-0.2, -0.15) is 13.8 Å². The lowest BCUT2D eigenvalue weighted by Crippen LogP contribution is -2.54. The molecule has 19 nitrogen and oxygen atoms in total. The number of benzene rings is 2. The number of unbranched alkanes of at least 4 members (excludes halogenated alkanes) is 1. The normalized spacial score (nSPS) is 21.9. The van der Waals surface area contributed by atoms with Crippen LogP contribution in [0.3, 0.4) is 0 Å². The van der Waals surface area contributed by atoms with E-state index >= 15 is 13.2 Å². The highest BCUT2D eigenvalue weighted by molar-refractivity contribution is 6.25. The smallest absolute Gasteiger partial charge is 0.342 e. The van der Waals surface area contributed by atoms with Crippen molar-refractivity contribution in [3.05, 3.63) is 59.0 Å². The first kappa shape index (κ1) is 47.2. The second-order valence-corrected chi connectivity index (χ2v) is 18.4. The van der Waals surface area contributed by atoms with Crippen LogP contribution in [0.1, 0.15) is 95.3 Å². The number of carbonyl (C=O) groups is 7. The summed E-state index contributed by atoms with van der Waals surface area (Å²) in [5, 5.41) is 7.97. The number of piperazine rings is 1. The van der Waals surface area contributed by atoms with Gasteiger partial charge in [0.1, 0.15) is 23.3 Å². The monoisotopic (exact) mass is 957 g/mol. The average molecular weight is 958 g/mol. The Morgan fingerprint density at radius 3 is 2.45 bits per heavy atom. The molecule has 5 aliphatic heterocycles. The van der Waals surface area contributed by atoms with Gasteiger partial charge in [-0.15, -0.1) is 0 Å². The van der Waals surface area contributed by atoms with Crippen LogP contribution >= 0.6 is 0 Å². The Morgan fingerprint density at radius 2 is 1.71 bits per heavy atom. The second-order valence-electron chi connectivity index (χ2n) is 18.4. The van der Waals surface area contributed by atoms with Gasteiger partial charge in [0.15, 0.2) is 5.82 Å². The fraction of sp³-hybridized carbons (Fsp3) is 0.511. The Hall–Kier alpha value is -6.84. The maximum atomic E-state index is 15.7. The quantitative estimate of drug-likeness (QED) is 0.166. The van der Waals surface area contributed by atoms with Gasteiger partial charge in [0.25, 0.3) is 23.6 Å². The van der Waals surface area contributed by atoms with E-state index in [1.165, 1.54) is 31.3 Å². The summed E-state index contributed by atoms with van der Waals surface area (Å²) < 4.78 is 51.3. The third-order valence-electron chi connectivity index (χ3n) is 14.1. The molecule has 7 amide bonds. The van der Waals surface area contributed by atoms with E-state index < -0.39 is 65.8 Å². The summed E-state index contributed by atoms with van der Waals surface area (Å²) in [5.74, 6) is -8.59. The van der Waals surface area contributed by atoms with E-state index in [1.54, 1.807) is 23.1 Å². The number of nitrogens with zero attached hydrogens (tertiary/aromatic N) is 8. The number of halogens is 3. The third kappa shape index (κ3) is 9.37. The summed E-state index contributed by atoms with van der Waals surface area (Å²) in [4.78, 5) is 109. The van der Waals surface area contributed by atoms with Crippen LogP contribution in [0.2, 0.25) is 0 Å². The van der Waals surface area contributed by atoms with E-state index in [9.17, 15) is 33.6 Å². The van der Waals surface area contributed by atoms with Crippen LogP contribution in [-0.4, -0.2) is 157 Å². The number of aromatic nitrogens is 2. The van der Waals surface area contributed by atoms with E-state index in [4.69, 9.17) is 4.74 Å². The number of alkyl halides is 2. The molecule has 2 aromatic carbocycles. The first-order valence-electron chi connectivity index (χ1n) is 23.5. The number of likely N-dealkylation sites (tertiary alicyclic amines) is 1. The van der Waals surface area contributed by atoms with E-state index in [1.807, 2.05) is 0 Å². The van der Waals surface area contributed by atoms with Crippen molar-refractivity contribution in [1.29, 1.82) is 0 Å². The van der Waals surface area contributed by atoms with Gasteiger partial charge >= 0.3 is 5.92 Å². The Kier molecular flexibility index (Phi) is 13.2. The molecule has 22 heteroatoms. The number of imide groups is 2. The minimum absolute atomic E-state index is 0.0401. The molecule has 3 aromatic rings. The predicted molar refractivity (Wildman–Crippen MR) is 244 cm³/mol. The standard InChI is InChI=1S/C47H54F3N11O8/c1-56-35-24-51-46(55-40(35)60(28-8-3-4-9-28)26-47(49,50)45(56)68)53-32-23-31(48)30(22-36(32)69-2)41(64)52-27-15-17-59(25-27)38(63)12-5-6-16-57-18-20-58(21-19-57)33-11-7-10-29-39(33)44(67)61(43(29)66)34-13-14-37(62)54-42(34)65/h7,10-11,22-24,27-28,34H,3-6,8-9,12-21,25-26H2,1-2H3,(H,52,64)(H,51,53,55)(H,54,62,65)/t27-,34?/m1/s1. The summed E-state index contributed by atoms with van der Waals surface area (Å²) in [6.07, 6.45) is 6.68. The number of hydrogen-bond acceptors (Lipinski definition) is 14. The average Bonchev–Trinajstić information content (AvgIpc) is 4.09. The van der Waals surface area contributed by atoms with Crippen molar-refractivity contribution >= 4 is 70.2 Å². The SMILES string of the molecule is COc1cc(C(=O)N[C@@H]2CCN(C(=O)CCCCN3CCN(c4cccc5c4C(=O)N(C4CCC(=O)NC4=O)C5=O)CC3)C2)c(F)cc1Nc1ncc2c(n1)N(C1CCCC1)CC(F)(F)C(=O)N2C. The zero-order valence-corrected chi connectivity index (χ0v) is 38.4. The predicted octanol–water partition coefficient (Wildman–Crippen LogP) is 3.45. The fourth-order valence-corrected chi connectivity index (χ4v) is 10.3. The molecule has 6 heterocycles. The molecule has 1 unspecified atom stereocenters. The summed E-state index contributed by atoms with van der Waals surface area (Å²) >= 11 is 0. The lowest BCUT2D eigenvalue weighted by atomic mass is 10.0. The molecular weight excluding hydrogens is 904 g/mol. The van der Waals surface area contributed by atoms with Crippen LogP contribution in [0.15, 0.2) is 36.5 Å². The number of nitrogens with one attached hydrogen (secondary N) is 3. The highest BCUT2D eigenvalue weighted by Crippen LogP contribution is 2.41. The number of rotatable bonds is 13. The molecular formula is C47H54F3N11O8. The molecule has 0 spiro atoms. The number of hydrogen-bond donors (Lipinski definition) is 3. The van der Waals surface area contributed by atoms with Gasteiger partial charge in [-0.05, 0) is 63.3 Å². The molecule has 0 radical (unpaired) electrons. The molecule has 3 N–H and O–H groups in total. The van der Waals surface area contributed by atoms with Gasteiger partial charge in [-0.1, -0.05) is 18.9 Å². The van der Waals surface area contributed by atoms with Gasteiger partial charge in [0.05, 0.1) is 47.9 Å². The van der Waals surface area contributed by atoms with Crippen molar-refractivity contribution in [2.45, 2.75) is 88.3 Å². The van der Waals surface area contributed by atoms with Crippen LogP contribution in [0, 0.1) is 5.82 Å². The number of ether oxygens (including phenoxy) is 1. The van der Waals surface area contributed by atoms with E-state index in [2.05, 4.69) is 35.7 Å². The Balaban J connectivity index is 0.738.